The molecule has 1 fully saturated rings. The molecule has 9 heteroatoms. The first-order chi connectivity index (χ1) is 14.9. The number of rotatable bonds is 5. The van der Waals surface area contributed by atoms with Crippen LogP contribution in [-0.2, 0) is 16.1 Å². The Morgan fingerprint density at radius 3 is 2.65 bits per heavy atom. The van der Waals surface area contributed by atoms with Gasteiger partial charge in [0, 0.05) is 29.5 Å². The number of amides is 2. The maximum absolute atomic E-state index is 12.9. The Kier molecular flexibility index (Phi) is 5.51. The van der Waals surface area contributed by atoms with E-state index in [2.05, 4.69) is 14.3 Å². The first-order valence-corrected chi connectivity index (χ1v) is 10.2. The fraction of sp³-hybridized carbons (Fsp3) is 0.182. The summed E-state index contributed by atoms with van der Waals surface area (Å²) in [4.78, 5) is 42.3. The van der Waals surface area contributed by atoms with Crippen LogP contribution in [0.3, 0.4) is 0 Å². The molecule has 0 N–H and O–H groups in total. The van der Waals surface area contributed by atoms with Crippen molar-refractivity contribution in [3.8, 4) is 5.69 Å². The van der Waals surface area contributed by atoms with Gasteiger partial charge in [-0.2, -0.15) is 0 Å². The number of pyridine rings is 1. The summed E-state index contributed by atoms with van der Waals surface area (Å²) >= 11 is 0.879. The maximum Gasteiger partial charge on any atom is 0.373 e. The third-order valence-corrected chi connectivity index (χ3v) is 5.82. The lowest BCUT2D eigenvalue weighted by atomic mass is 10.2. The summed E-state index contributed by atoms with van der Waals surface area (Å²) in [6, 6.07) is 8.78. The Bertz CT molecular complexity index is 1210. The van der Waals surface area contributed by atoms with Crippen LogP contribution in [0.4, 0.5) is 4.79 Å². The standard InChI is InChI=1S/C22H19N3O5S/c1-13-10-15(14(2)25(13)16-6-8-23-9-7-16)11-19-20(26)24(22(28)31-19)12-17-4-5-18(30-17)21(27)29-3/h4-11H,12H2,1-3H3. The summed E-state index contributed by atoms with van der Waals surface area (Å²) in [6.45, 7) is 3.88. The number of furan rings is 1. The van der Waals surface area contributed by atoms with E-state index in [0.29, 0.717) is 10.7 Å². The summed E-state index contributed by atoms with van der Waals surface area (Å²) in [5.74, 6) is -0.687. The zero-order chi connectivity index (χ0) is 22.1. The second-order valence-electron chi connectivity index (χ2n) is 6.89. The van der Waals surface area contributed by atoms with E-state index in [-0.39, 0.29) is 12.3 Å². The van der Waals surface area contributed by atoms with Gasteiger partial charge in [-0.25, -0.2) is 4.79 Å². The highest BCUT2D eigenvalue weighted by molar-refractivity contribution is 8.18. The van der Waals surface area contributed by atoms with E-state index in [0.717, 1.165) is 39.3 Å². The fourth-order valence-corrected chi connectivity index (χ4v) is 4.26. The molecule has 1 aliphatic heterocycles. The van der Waals surface area contributed by atoms with Gasteiger partial charge in [-0.05, 0) is 67.6 Å². The van der Waals surface area contributed by atoms with E-state index in [1.807, 2.05) is 32.0 Å². The number of aryl methyl sites for hydroxylation is 1. The molecule has 4 heterocycles. The highest BCUT2D eigenvalue weighted by atomic mass is 32.2. The van der Waals surface area contributed by atoms with Crippen molar-refractivity contribution in [1.82, 2.24) is 14.5 Å². The lowest BCUT2D eigenvalue weighted by Gasteiger charge is -2.10. The molecule has 0 aliphatic carbocycles. The van der Waals surface area contributed by atoms with Crippen LogP contribution in [0.5, 0.6) is 0 Å². The average Bonchev–Trinajstić information content (AvgIpc) is 3.42. The first-order valence-electron chi connectivity index (χ1n) is 9.40. The monoisotopic (exact) mass is 437 g/mol. The minimum absolute atomic E-state index is 0.0172. The highest BCUT2D eigenvalue weighted by Gasteiger charge is 2.36. The van der Waals surface area contributed by atoms with Crippen molar-refractivity contribution in [3.05, 3.63) is 76.1 Å². The number of hydrogen-bond acceptors (Lipinski definition) is 7. The van der Waals surface area contributed by atoms with Crippen molar-refractivity contribution in [2.45, 2.75) is 20.4 Å². The highest BCUT2D eigenvalue weighted by Crippen LogP contribution is 2.34. The number of hydrogen-bond donors (Lipinski definition) is 0. The minimum atomic E-state index is -0.621. The van der Waals surface area contributed by atoms with Crippen molar-refractivity contribution < 1.29 is 23.5 Å². The topological polar surface area (TPSA) is 94.6 Å². The molecular weight excluding hydrogens is 418 g/mol. The molecule has 3 aromatic heterocycles. The third kappa shape index (κ3) is 3.91. The van der Waals surface area contributed by atoms with Gasteiger partial charge < -0.3 is 13.7 Å². The number of aromatic nitrogens is 2. The summed E-state index contributed by atoms with van der Waals surface area (Å²) in [5, 5.41) is -0.393. The SMILES string of the molecule is COC(=O)c1ccc(CN2C(=O)SC(=Cc3cc(C)n(-c4ccncc4)c3C)C2=O)o1. The van der Waals surface area contributed by atoms with Crippen LogP contribution in [0, 0.1) is 13.8 Å². The quantitative estimate of drug-likeness (QED) is 0.438. The zero-order valence-electron chi connectivity index (χ0n) is 17.1. The molecule has 1 saturated heterocycles. The predicted molar refractivity (Wildman–Crippen MR) is 115 cm³/mol. The van der Waals surface area contributed by atoms with Gasteiger partial charge in [-0.3, -0.25) is 19.5 Å². The second kappa shape index (κ2) is 8.27. The molecule has 0 spiro atoms. The second-order valence-corrected chi connectivity index (χ2v) is 7.89. The van der Waals surface area contributed by atoms with Crippen LogP contribution in [0.1, 0.15) is 33.3 Å². The van der Waals surface area contributed by atoms with Crippen LogP contribution in [0.25, 0.3) is 11.8 Å². The maximum atomic E-state index is 12.9. The van der Waals surface area contributed by atoms with Crippen LogP contribution < -0.4 is 0 Å². The van der Waals surface area contributed by atoms with E-state index in [4.69, 9.17) is 4.42 Å². The molecule has 0 unspecified atom stereocenters. The van der Waals surface area contributed by atoms with Crippen molar-refractivity contribution in [1.29, 1.82) is 0 Å². The molecular formula is C22H19N3O5S. The van der Waals surface area contributed by atoms with Crippen LogP contribution in [0.15, 0.2) is 52.0 Å². The number of methoxy groups -OCH3 is 1. The third-order valence-electron chi connectivity index (χ3n) is 4.91. The molecule has 4 rings (SSSR count). The number of nitrogens with zero attached hydrogens (tertiary/aromatic N) is 3. The zero-order valence-corrected chi connectivity index (χ0v) is 17.9. The number of carbonyl (C=O) groups excluding carboxylic acids is 3. The van der Waals surface area contributed by atoms with Crippen LogP contribution >= 0.6 is 11.8 Å². The number of ether oxygens (including phenoxy) is 1. The Hall–Kier alpha value is -3.59. The van der Waals surface area contributed by atoms with E-state index in [1.54, 1.807) is 24.5 Å². The van der Waals surface area contributed by atoms with Crippen molar-refractivity contribution in [2.24, 2.45) is 0 Å². The van der Waals surface area contributed by atoms with Gasteiger partial charge in [0.2, 0.25) is 5.76 Å². The number of carbonyl (C=O) groups is 3. The molecule has 31 heavy (non-hydrogen) atoms. The lowest BCUT2D eigenvalue weighted by Crippen LogP contribution is -2.27. The molecule has 0 radical (unpaired) electrons. The minimum Gasteiger partial charge on any atom is -0.463 e. The fourth-order valence-electron chi connectivity index (χ4n) is 3.43. The Balaban J connectivity index is 1.58. The Morgan fingerprint density at radius 2 is 1.94 bits per heavy atom. The molecule has 3 aromatic rings. The van der Waals surface area contributed by atoms with Crippen LogP contribution in [-0.4, -0.2) is 38.7 Å². The summed E-state index contributed by atoms with van der Waals surface area (Å²) in [7, 11) is 1.25. The summed E-state index contributed by atoms with van der Waals surface area (Å²) < 4.78 is 12.0. The largest absolute Gasteiger partial charge is 0.463 e. The molecule has 0 bridgehead atoms. The van der Waals surface area contributed by atoms with Crippen molar-refractivity contribution >= 4 is 35.0 Å². The van der Waals surface area contributed by atoms with Gasteiger partial charge in [-0.1, -0.05) is 0 Å². The van der Waals surface area contributed by atoms with Gasteiger partial charge in [0.1, 0.15) is 5.76 Å². The van der Waals surface area contributed by atoms with E-state index in [1.165, 1.54) is 13.2 Å². The molecule has 1 aliphatic rings. The molecule has 2 amide bonds. The normalized spacial score (nSPS) is 15.2. The number of esters is 1. The number of thioether (sulfide) groups is 1. The number of imide groups is 1. The van der Waals surface area contributed by atoms with Crippen molar-refractivity contribution in [2.75, 3.05) is 7.11 Å². The van der Waals surface area contributed by atoms with E-state index >= 15 is 0 Å². The first kappa shape index (κ1) is 20.7. The smallest absolute Gasteiger partial charge is 0.373 e. The van der Waals surface area contributed by atoms with E-state index in [9.17, 15) is 14.4 Å². The molecule has 0 aromatic carbocycles. The Labute approximate surface area is 182 Å². The van der Waals surface area contributed by atoms with Gasteiger partial charge in [0.15, 0.2) is 0 Å². The molecule has 0 atom stereocenters. The predicted octanol–water partition coefficient (Wildman–Crippen LogP) is 4.11. The molecule has 0 saturated carbocycles. The van der Waals surface area contributed by atoms with Gasteiger partial charge >= 0.3 is 5.97 Å². The van der Waals surface area contributed by atoms with Crippen LogP contribution in [0.2, 0.25) is 0 Å². The summed E-state index contributed by atoms with van der Waals surface area (Å²) in [6.07, 6.45) is 5.17. The Morgan fingerprint density at radius 1 is 1.19 bits per heavy atom. The average molecular weight is 437 g/mol. The van der Waals surface area contributed by atoms with Gasteiger partial charge in [0.05, 0.1) is 18.6 Å². The van der Waals surface area contributed by atoms with Gasteiger partial charge in [0.25, 0.3) is 11.1 Å². The van der Waals surface area contributed by atoms with Gasteiger partial charge in [-0.15, -0.1) is 0 Å². The lowest BCUT2D eigenvalue weighted by molar-refractivity contribution is -0.123. The summed E-state index contributed by atoms with van der Waals surface area (Å²) in [5.41, 5.74) is 3.77. The molecule has 158 valence electrons. The van der Waals surface area contributed by atoms with Crippen molar-refractivity contribution in [3.63, 3.8) is 0 Å². The van der Waals surface area contributed by atoms with E-state index < -0.39 is 17.1 Å². The molecule has 8 nitrogen and oxygen atoms in total.